The molecule has 0 radical (unpaired) electrons. The third kappa shape index (κ3) is 7.27. The predicted molar refractivity (Wildman–Crippen MR) is 158 cm³/mol. The van der Waals surface area contributed by atoms with Gasteiger partial charge in [0.25, 0.3) is 5.91 Å². The summed E-state index contributed by atoms with van der Waals surface area (Å²) >= 11 is 0. The maximum atomic E-state index is 14.5. The monoisotopic (exact) mass is 644 g/mol. The highest BCUT2D eigenvalue weighted by Crippen LogP contribution is 2.45. The van der Waals surface area contributed by atoms with Crippen LogP contribution in [-0.4, -0.2) is 59.2 Å². The van der Waals surface area contributed by atoms with Gasteiger partial charge in [-0.05, 0) is 73.5 Å². The van der Waals surface area contributed by atoms with E-state index >= 15 is 0 Å². The Kier molecular flexibility index (Phi) is 9.98. The van der Waals surface area contributed by atoms with Crippen molar-refractivity contribution in [1.29, 1.82) is 0 Å². The number of aromatic nitrogens is 2. The number of carbonyl (C=O) groups excluding carboxylic acids is 4. The van der Waals surface area contributed by atoms with Gasteiger partial charge in [-0.2, -0.15) is 0 Å². The fourth-order valence-corrected chi connectivity index (χ4v) is 5.20. The summed E-state index contributed by atoms with van der Waals surface area (Å²) in [6.07, 6.45) is -3.58. The zero-order valence-electron chi connectivity index (χ0n) is 25.2. The lowest BCUT2D eigenvalue weighted by Gasteiger charge is -2.39. The number of hydrogen-bond donors (Lipinski definition) is 3. The molecule has 1 aliphatic rings. The number of amides is 5. The van der Waals surface area contributed by atoms with Crippen molar-refractivity contribution in [3.63, 3.8) is 0 Å². The molecule has 3 N–H and O–H groups in total. The van der Waals surface area contributed by atoms with Crippen LogP contribution in [0.25, 0.3) is 0 Å². The van der Waals surface area contributed by atoms with Crippen LogP contribution >= 0.6 is 0 Å². The van der Waals surface area contributed by atoms with Gasteiger partial charge in [0, 0.05) is 24.2 Å². The predicted octanol–water partition coefficient (Wildman–Crippen LogP) is 5.91. The Bertz CT molecular complexity index is 1530. The molecule has 2 aromatic heterocycles. The number of alkyl halides is 3. The lowest BCUT2D eigenvalue weighted by Crippen LogP contribution is -2.55. The van der Waals surface area contributed by atoms with Gasteiger partial charge in [0.1, 0.15) is 22.9 Å². The van der Waals surface area contributed by atoms with Gasteiger partial charge in [-0.25, -0.2) is 29.3 Å². The standard InChI is InChI=1S/C30H31F3N6O7/c1-5-44-27(42)36-23-15-19(11-13-34-23)17(3)29(18(4)20-12-14-35-24(16-20)37-28(43)45-6-2)25(40)39(26(41)38-29)21-7-9-22(10-8-21)46-30(31,32)33/h7-18H,5-6H2,1-4H3,(H,38,41)(H,34,36,42)(H,35,37,43). The molecule has 1 aliphatic heterocycles. The number of rotatable bonds is 10. The number of carbonyl (C=O) groups is 4. The van der Waals surface area contributed by atoms with Crippen LogP contribution in [-0.2, 0) is 14.3 Å². The molecule has 16 heteroatoms. The molecule has 3 aromatic rings. The summed E-state index contributed by atoms with van der Waals surface area (Å²) in [4.78, 5) is 61.3. The van der Waals surface area contributed by atoms with Gasteiger partial charge in [0.05, 0.1) is 18.9 Å². The number of pyridine rings is 2. The number of nitrogens with one attached hydrogen (secondary N) is 3. The lowest BCUT2D eigenvalue weighted by molar-refractivity contribution is -0.274. The molecule has 2 atom stereocenters. The van der Waals surface area contributed by atoms with Crippen molar-refractivity contribution < 1.29 is 46.6 Å². The van der Waals surface area contributed by atoms with E-state index in [1.165, 1.54) is 24.5 Å². The molecule has 0 spiro atoms. The van der Waals surface area contributed by atoms with Crippen LogP contribution < -0.4 is 25.6 Å². The highest BCUT2D eigenvalue weighted by molar-refractivity contribution is 6.24. The normalized spacial score (nSPS) is 17.5. The van der Waals surface area contributed by atoms with E-state index in [2.05, 4.69) is 30.7 Å². The van der Waals surface area contributed by atoms with Crippen molar-refractivity contribution >= 4 is 41.4 Å². The van der Waals surface area contributed by atoms with Gasteiger partial charge in [0.2, 0.25) is 0 Å². The molecule has 1 fully saturated rings. The highest BCUT2D eigenvalue weighted by Gasteiger charge is 2.58. The van der Waals surface area contributed by atoms with Gasteiger partial charge >= 0.3 is 24.6 Å². The first kappa shape index (κ1) is 33.5. The van der Waals surface area contributed by atoms with Crippen molar-refractivity contribution in [2.45, 2.75) is 51.4 Å². The maximum absolute atomic E-state index is 14.5. The third-order valence-electron chi connectivity index (χ3n) is 7.35. The van der Waals surface area contributed by atoms with Crippen LogP contribution in [0.2, 0.25) is 0 Å². The Morgan fingerprint density at radius 3 is 1.78 bits per heavy atom. The average Bonchev–Trinajstić information content (AvgIpc) is 3.26. The van der Waals surface area contributed by atoms with Crippen LogP contribution in [0, 0.1) is 0 Å². The smallest absolute Gasteiger partial charge is 0.450 e. The van der Waals surface area contributed by atoms with Gasteiger partial charge in [-0.1, -0.05) is 13.8 Å². The quantitative estimate of drug-likeness (QED) is 0.228. The Morgan fingerprint density at radius 2 is 1.35 bits per heavy atom. The molecular formula is C30H31F3N6O7. The number of imide groups is 1. The van der Waals surface area contributed by atoms with Crippen molar-refractivity contribution in [3.8, 4) is 5.75 Å². The second-order valence-corrected chi connectivity index (χ2v) is 10.1. The van der Waals surface area contributed by atoms with Crippen LogP contribution in [0.3, 0.4) is 0 Å². The molecule has 244 valence electrons. The minimum Gasteiger partial charge on any atom is -0.450 e. The number of ether oxygens (including phenoxy) is 3. The number of urea groups is 1. The molecule has 4 rings (SSSR count). The Labute approximate surface area is 261 Å². The van der Waals surface area contributed by atoms with Crippen LogP contribution in [0.1, 0.15) is 50.7 Å². The van der Waals surface area contributed by atoms with E-state index in [0.717, 1.165) is 29.2 Å². The molecule has 1 aromatic carbocycles. The lowest BCUT2D eigenvalue weighted by atomic mass is 9.70. The van der Waals surface area contributed by atoms with Crippen molar-refractivity contribution in [3.05, 3.63) is 72.1 Å². The first-order valence-corrected chi connectivity index (χ1v) is 14.1. The summed E-state index contributed by atoms with van der Waals surface area (Å²) in [5.74, 6) is -2.58. The third-order valence-corrected chi connectivity index (χ3v) is 7.35. The molecule has 3 heterocycles. The number of anilines is 3. The van der Waals surface area contributed by atoms with E-state index in [9.17, 15) is 32.3 Å². The van der Waals surface area contributed by atoms with Crippen molar-refractivity contribution in [2.24, 2.45) is 0 Å². The van der Waals surface area contributed by atoms with E-state index in [-0.39, 0.29) is 30.5 Å². The molecule has 0 aliphatic carbocycles. The summed E-state index contributed by atoms with van der Waals surface area (Å²) in [6, 6.07) is 9.75. The SMILES string of the molecule is CCOC(=O)Nc1cc(C(C)C2(C(C)c3ccnc(NC(=O)OCC)c3)NC(=O)N(c3ccc(OC(F)(F)F)cc3)C2=O)ccn1. The van der Waals surface area contributed by atoms with E-state index < -0.39 is 53.6 Å². The number of nitrogens with zero attached hydrogens (tertiary/aromatic N) is 3. The fourth-order valence-electron chi connectivity index (χ4n) is 5.20. The number of halogens is 3. The summed E-state index contributed by atoms with van der Waals surface area (Å²) in [5.41, 5.74) is -0.713. The minimum atomic E-state index is -4.93. The summed E-state index contributed by atoms with van der Waals surface area (Å²) < 4.78 is 51.9. The second kappa shape index (κ2) is 13.7. The van der Waals surface area contributed by atoms with Gasteiger partial charge < -0.3 is 19.5 Å². The van der Waals surface area contributed by atoms with E-state index in [0.29, 0.717) is 11.1 Å². The molecule has 46 heavy (non-hydrogen) atoms. The van der Waals surface area contributed by atoms with Crippen molar-refractivity contribution in [2.75, 3.05) is 28.7 Å². The largest absolute Gasteiger partial charge is 0.573 e. The highest BCUT2D eigenvalue weighted by atomic mass is 19.4. The average molecular weight is 645 g/mol. The summed E-state index contributed by atoms with van der Waals surface area (Å²) in [6.45, 7) is 6.92. The van der Waals surface area contributed by atoms with E-state index in [1.807, 2.05) is 0 Å². The molecule has 0 saturated carbocycles. The molecule has 2 unspecified atom stereocenters. The molecule has 5 amide bonds. The topological polar surface area (TPSA) is 161 Å². The Morgan fingerprint density at radius 1 is 0.870 bits per heavy atom. The van der Waals surface area contributed by atoms with Crippen LogP contribution in [0.4, 0.5) is 44.9 Å². The Balaban J connectivity index is 1.77. The fraction of sp³-hybridized carbons (Fsp3) is 0.333. The summed E-state index contributed by atoms with van der Waals surface area (Å²) in [7, 11) is 0. The van der Waals surface area contributed by atoms with Crippen LogP contribution in [0.15, 0.2) is 60.9 Å². The first-order valence-electron chi connectivity index (χ1n) is 14.1. The molecule has 13 nitrogen and oxygen atoms in total. The molecule has 1 saturated heterocycles. The molecular weight excluding hydrogens is 613 g/mol. The number of hydrogen-bond acceptors (Lipinski definition) is 9. The zero-order chi connectivity index (χ0) is 33.6. The Hall–Kier alpha value is -5.41. The molecule has 0 bridgehead atoms. The second-order valence-electron chi connectivity index (χ2n) is 10.1. The summed E-state index contributed by atoms with van der Waals surface area (Å²) in [5, 5.41) is 7.85. The van der Waals surface area contributed by atoms with Gasteiger partial charge in [-0.3, -0.25) is 15.4 Å². The number of benzene rings is 1. The first-order chi connectivity index (χ1) is 21.8. The van der Waals surface area contributed by atoms with E-state index in [4.69, 9.17) is 9.47 Å². The van der Waals surface area contributed by atoms with Crippen molar-refractivity contribution in [1.82, 2.24) is 15.3 Å². The maximum Gasteiger partial charge on any atom is 0.573 e. The van der Waals surface area contributed by atoms with Gasteiger partial charge in [0.15, 0.2) is 0 Å². The van der Waals surface area contributed by atoms with E-state index in [1.54, 1.807) is 39.8 Å². The minimum absolute atomic E-state index is 0.00269. The zero-order valence-corrected chi connectivity index (χ0v) is 25.2. The van der Waals surface area contributed by atoms with Crippen LogP contribution in [0.5, 0.6) is 5.75 Å². The van der Waals surface area contributed by atoms with Gasteiger partial charge in [-0.15, -0.1) is 13.2 Å².